The van der Waals surface area contributed by atoms with Gasteiger partial charge in [-0.25, -0.2) is 4.79 Å². The molecular formula is C11H15NO3. The summed E-state index contributed by atoms with van der Waals surface area (Å²) >= 11 is 0. The van der Waals surface area contributed by atoms with Crippen LogP contribution < -0.4 is 10.1 Å². The van der Waals surface area contributed by atoms with Crippen molar-refractivity contribution >= 4 is 5.97 Å². The Labute approximate surface area is 88.9 Å². The van der Waals surface area contributed by atoms with E-state index in [1.54, 1.807) is 12.1 Å². The Bertz CT molecular complexity index is 321. The van der Waals surface area contributed by atoms with Crippen LogP contribution in [0.15, 0.2) is 24.3 Å². The first-order chi connectivity index (χ1) is 7.13. The van der Waals surface area contributed by atoms with E-state index in [1.165, 1.54) is 12.1 Å². The largest absolute Gasteiger partial charge is 0.492 e. The molecule has 0 spiro atoms. The SMILES string of the molecule is CN[C@@H](C)COc1ccc(C(=O)O)cc1. The second-order valence-corrected chi connectivity index (χ2v) is 3.33. The maximum atomic E-state index is 10.6. The molecule has 15 heavy (non-hydrogen) atoms. The number of carboxylic acid groups (broad SMARTS) is 1. The molecule has 0 saturated heterocycles. The summed E-state index contributed by atoms with van der Waals surface area (Å²) in [4.78, 5) is 10.6. The van der Waals surface area contributed by atoms with Gasteiger partial charge in [0.25, 0.3) is 0 Å². The van der Waals surface area contributed by atoms with E-state index in [0.29, 0.717) is 12.4 Å². The zero-order valence-corrected chi connectivity index (χ0v) is 8.86. The zero-order valence-electron chi connectivity index (χ0n) is 8.86. The highest BCUT2D eigenvalue weighted by Gasteiger charge is 2.03. The summed E-state index contributed by atoms with van der Waals surface area (Å²) in [6, 6.07) is 6.64. The fourth-order valence-electron chi connectivity index (χ4n) is 0.998. The van der Waals surface area contributed by atoms with Gasteiger partial charge < -0.3 is 15.2 Å². The molecule has 1 aromatic rings. The van der Waals surface area contributed by atoms with E-state index in [9.17, 15) is 4.79 Å². The van der Waals surface area contributed by atoms with Crippen LogP contribution in [-0.4, -0.2) is 30.8 Å². The maximum Gasteiger partial charge on any atom is 0.335 e. The Morgan fingerprint density at radius 3 is 2.53 bits per heavy atom. The predicted molar refractivity (Wildman–Crippen MR) is 57.4 cm³/mol. The Morgan fingerprint density at radius 1 is 1.47 bits per heavy atom. The smallest absolute Gasteiger partial charge is 0.335 e. The molecule has 0 aliphatic heterocycles. The second-order valence-electron chi connectivity index (χ2n) is 3.33. The van der Waals surface area contributed by atoms with E-state index >= 15 is 0 Å². The molecule has 4 nitrogen and oxygen atoms in total. The Morgan fingerprint density at radius 2 is 2.07 bits per heavy atom. The Kier molecular flexibility index (Phi) is 4.12. The average molecular weight is 209 g/mol. The molecule has 0 bridgehead atoms. The molecule has 82 valence electrons. The number of benzene rings is 1. The van der Waals surface area contributed by atoms with Crippen LogP contribution in [0.2, 0.25) is 0 Å². The highest BCUT2D eigenvalue weighted by molar-refractivity contribution is 5.87. The summed E-state index contributed by atoms with van der Waals surface area (Å²) in [6.45, 7) is 2.56. The van der Waals surface area contributed by atoms with Gasteiger partial charge in [-0.2, -0.15) is 0 Å². The lowest BCUT2D eigenvalue weighted by molar-refractivity contribution is 0.0697. The standard InChI is InChI=1S/C11H15NO3/c1-8(12-2)7-15-10-5-3-9(4-6-10)11(13)14/h3-6,8,12H,7H2,1-2H3,(H,13,14)/t8-/m0/s1. The molecule has 0 amide bonds. The Balaban J connectivity index is 2.53. The van der Waals surface area contributed by atoms with E-state index in [2.05, 4.69) is 5.32 Å². The van der Waals surface area contributed by atoms with Crippen LogP contribution in [0.4, 0.5) is 0 Å². The van der Waals surface area contributed by atoms with Gasteiger partial charge in [0.1, 0.15) is 12.4 Å². The fraction of sp³-hybridized carbons (Fsp3) is 0.364. The lowest BCUT2D eigenvalue weighted by atomic mass is 10.2. The number of nitrogens with one attached hydrogen (secondary N) is 1. The van der Waals surface area contributed by atoms with Crippen LogP contribution in [0.1, 0.15) is 17.3 Å². The van der Waals surface area contributed by atoms with Gasteiger partial charge in [0, 0.05) is 6.04 Å². The third kappa shape index (κ3) is 3.59. The van der Waals surface area contributed by atoms with Gasteiger partial charge in [-0.15, -0.1) is 0 Å². The van der Waals surface area contributed by atoms with Crippen molar-refractivity contribution in [2.75, 3.05) is 13.7 Å². The van der Waals surface area contributed by atoms with Crippen molar-refractivity contribution in [2.45, 2.75) is 13.0 Å². The highest BCUT2D eigenvalue weighted by Crippen LogP contribution is 2.12. The van der Waals surface area contributed by atoms with Crippen molar-refractivity contribution < 1.29 is 14.6 Å². The van der Waals surface area contributed by atoms with Crippen molar-refractivity contribution in [2.24, 2.45) is 0 Å². The van der Waals surface area contributed by atoms with Crippen LogP contribution in [0.25, 0.3) is 0 Å². The molecule has 0 aromatic heterocycles. The van der Waals surface area contributed by atoms with Crippen LogP contribution in [-0.2, 0) is 0 Å². The number of aromatic carboxylic acids is 1. The number of hydrogen-bond donors (Lipinski definition) is 2. The Hall–Kier alpha value is -1.55. The summed E-state index contributed by atoms with van der Waals surface area (Å²) in [5.74, 6) is -0.243. The van der Waals surface area contributed by atoms with E-state index in [1.807, 2.05) is 14.0 Å². The van der Waals surface area contributed by atoms with Gasteiger partial charge in [0.15, 0.2) is 0 Å². The van der Waals surface area contributed by atoms with E-state index < -0.39 is 5.97 Å². The van der Waals surface area contributed by atoms with Gasteiger partial charge in [0.05, 0.1) is 5.56 Å². The summed E-state index contributed by atoms with van der Waals surface area (Å²) < 4.78 is 5.44. The minimum Gasteiger partial charge on any atom is -0.492 e. The topological polar surface area (TPSA) is 58.6 Å². The highest BCUT2D eigenvalue weighted by atomic mass is 16.5. The summed E-state index contributed by atoms with van der Waals surface area (Å²) in [5.41, 5.74) is 0.268. The first kappa shape index (κ1) is 11.5. The molecule has 0 aliphatic rings. The number of hydrogen-bond acceptors (Lipinski definition) is 3. The van der Waals surface area contributed by atoms with Gasteiger partial charge in [-0.1, -0.05) is 0 Å². The second kappa shape index (κ2) is 5.36. The summed E-state index contributed by atoms with van der Waals surface area (Å²) in [7, 11) is 1.86. The molecule has 1 rings (SSSR count). The van der Waals surface area contributed by atoms with Crippen LogP contribution in [0, 0.1) is 0 Å². The first-order valence-electron chi connectivity index (χ1n) is 4.77. The minimum absolute atomic E-state index is 0.268. The number of likely N-dealkylation sites (N-methyl/N-ethyl adjacent to an activating group) is 1. The zero-order chi connectivity index (χ0) is 11.3. The quantitative estimate of drug-likeness (QED) is 0.769. The van der Waals surface area contributed by atoms with Crippen LogP contribution >= 0.6 is 0 Å². The molecule has 1 atom stereocenters. The lowest BCUT2D eigenvalue weighted by Gasteiger charge is -2.11. The van der Waals surface area contributed by atoms with Gasteiger partial charge in [-0.3, -0.25) is 0 Å². The van der Waals surface area contributed by atoms with Gasteiger partial charge in [0.2, 0.25) is 0 Å². The number of ether oxygens (including phenoxy) is 1. The van der Waals surface area contributed by atoms with E-state index in [-0.39, 0.29) is 11.6 Å². The summed E-state index contributed by atoms with van der Waals surface area (Å²) in [6.07, 6.45) is 0. The van der Waals surface area contributed by atoms with E-state index in [4.69, 9.17) is 9.84 Å². The molecule has 0 unspecified atom stereocenters. The van der Waals surface area contributed by atoms with Crippen molar-refractivity contribution in [3.05, 3.63) is 29.8 Å². The first-order valence-corrected chi connectivity index (χ1v) is 4.77. The summed E-state index contributed by atoms with van der Waals surface area (Å²) in [5, 5.41) is 11.7. The van der Waals surface area contributed by atoms with Crippen molar-refractivity contribution in [3.8, 4) is 5.75 Å². The van der Waals surface area contributed by atoms with Crippen molar-refractivity contribution in [3.63, 3.8) is 0 Å². The number of carbonyl (C=O) groups is 1. The fourth-order valence-corrected chi connectivity index (χ4v) is 0.998. The maximum absolute atomic E-state index is 10.6. The molecule has 4 heteroatoms. The third-order valence-electron chi connectivity index (χ3n) is 2.09. The van der Waals surface area contributed by atoms with Crippen LogP contribution in [0.5, 0.6) is 5.75 Å². The third-order valence-corrected chi connectivity index (χ3v) is 2.09. The molecule has 0 saturated carbocycles. The van der Waals surface area contributed by atoms with Gasteiger partial charge in [-0.05, 0) is 38.2 Å². The van der Waals surface area contributed by atoms with Crippen LogP contribution in [0.3, 0.4) is 0 Å². The monoisotopic (exact) mass is 209 g/mol. The molecule has 0 radical (unpaired) electrons. The predicted octanol–water partition coefficient (Wildman–Crippen LogP) is 1.37. The molecule has 2 N–H and O–H groups in total. The average Bonchev–Trinajstić information content (AvgIpc) is 2.26. The number of carboxylic acids is 1. The number of rotatable bonds is 5. The molecule has 0 heterocycles. The minimum atomic E-state index is -0.926. The van der Waals surface area contributed by atoms with E-state index in [0.717, 1.165) is 0 Å². The van der Waals surface area contributed by atoms with Crippen molar-refractivity contribution in [1.82, 2.24) is 5.32 Å². The molecule has 1 aromatic carbocycles. The lowest BCUT2D eigenvalue weighted by Crippen LogP contribution is -2.28. The molecule has 0 fully saturated rings. The molecule has 0 aliphatic carbocycles. The van der Waals surface area contributed by atoms with Crippen molar-refractivity contribution in [1.29, 1.82) is 0 Å². The van der Waals surface area contributed by atoms with Gasteiger partial charge >= 0.3 is 5.97 Å². The molecular weight excluding hydrogens is 194 g/mol. The normalized spacial score (nSPS) is 12.1.